The summed E-state index contributed by atoms with van der Waals surface area (Å²) >= 11 is 0. The van der Waals surface area contributed by atoms with E-state index in [0.717, 1.165) is 71.4 Å². The number of amides is 2. The SMILES string of the molecule is CCC(N)CNc1ccc2c(c1)ncn2-c1ccnc(NC(C)C2CCCN(C(=O)Nc3cccc4ccccc34)C2)n1. The summed E-state index contributed by atoms with van der Waals surface area (Å²) < 4.78 is 1.97. The van der Waals surface area contributed by atoms with E-state index >= 15 is 0 Å². The number of carbonyl (C=O) groups is 1. The first-order chi connectivity index (χ1) is 21.0. The number of aromatic nitrogens is 4. The maximum atomic E-state index is 13.3. The smallest absolute Gasteiger partial charge is 0.321 e. The predicted molar refractivity (Wildman–Crippen MR) is 174 cm³/mol. The second-order valence-corrected chi connectivity index (χ2v) is 11.3. The number of piperidine rings is 1. The normalized spacial score (nSPS) is 16.6. The fraction of sp³-hybridized carbons (Fsp3) is 0.333. The average Bonchev–Trinajstić information content (AvgIpc) is 3.47. The van der Waals surface area contributed by atoms with Gasteiger partial charge in [0.1, 0.15) is 12.1 Å². The van der Waals surface area contributed by atoms with Crippen molar-refractivity contribution < 1.29 is 4.79 Å². The molecule has 10 nitrogen and oxygen atoms in total. The molecule has 3 unspecified atom stereocenters. The highest BCUT2D eigenvalue weighted by molar-refractivity contribution is 6.01. The number of benzene rings is 3. The molecule has 1 saturated heterocycles. The number of nitrogens with zero attached hydrogens (tertiary/aromatic N) is 5. The fourth-order valence-electron chi connectivity index (χ4n) is 5.70. The molecule has 6 rings (SSSR count). The summed E-state index contributed by atoms with van der Waals surface area (Å²) in [6.07, 6.45) is 6.44. The van der Waals surface area contributed by atoms with Crippen molar-refractivity contribution in [2.24, 2.45) is 11.7 Å². The molecular weight excluding hydrogens is 538 g/mol. The summed E-state index contributed by atoms with van der Waals surface area (Å²) in [6.45, 7) is 6.34. The third-order valence-corrected chi connectivity index (χ3v) is 8.37. The molecular formula is C33H39N9O. The van der Waals surface area contributed by atoms with Crippen LogP contribution in [0.25, 0.3) is 27.6 Å². The Morgan fingerprint density at radius 1 is 1.09 bits per heavy atom. The van der Waals surface area contributed by atoms with E-state index in [1.165, 1.54) is 0 Å². The van der Waals surface area contributed by atoms with Gasteiger partial charge in [-0.2, -0.15) is 4.98 Å². The summed E-state index contributed by atoms with van der Waals surface area (Å²) in [6, 6.07) is 22.2. The number of fused-ring (bicyclic) bond motifs is 2. The van der Waals surface area contributed by atoms with E-state index in [1.54, 1.807) is 12.5 Å². The summed E-state index contributed by atoms with van der Waals surface area (Å²) in [7, 11) is 0. The Morgan fingerprint density at radius 3 is 2.84 bits per heavy atom. The number of nitrogens with one attached hydrogen (secondary N) is 3. The maximum absolute atomic E-state index is 13.3. The monoisotopic (exact) mass is 577 g/mol. The first-order valence-corrected chi connectivity index (χ1v) is 15.1. The minimum absolute atomic E-state index is 0.0648. The minimum Gasteiger partial charge on any atom is -0.383 e. The lowest BCUT2D eigenvalue weighted by Gasteiger charge is -2.36. The molecule has 0 spiro atoms. The van der Waals surface area contributed by atoms with Gasteiger partial charge < -0.3 is 26.6 Å². The lowest BCUT2D eigenvalue weighted by molar-refractivity contribution is 0.172. The fourth-order valence-corrected chi connectivity index (χ4v) is 5.70. The quantitative estimate of drug-likeness (QED) is 0.173. The lowest BCUT2D eigenvalue weighted by Crippen LogP contribution is -2.46. The molecule has 2 amide bonds. The van der Waals surface area contributed by atoms with Crippen molar-refractivity contribution in [3.05, 3.63) is 79.3 Å². The minimum atomic E-state index is -0.0648. The molecule has 1 aliphatic heterocycles. The Bertz CT molecular complexity index is 1710. The van der Waals surface area contributed by atoms with Gasteiger partial charge in [0.15, 0.2) is 0 Å². The van der Waals surface area contributed by atoms with Gasteiger partial charge in [0, 0.05) is 49.0 Å². The zero-order valence-electron chi connectivity index (χ0n) is 24.7. The summed E-state index contributed by atoms with van der Waals surface area (Å²) in [5.41, 5.74) is 9.72. The van der Waals surface area contributed by atoms with Crippen LogP contribution in [0.4, 0.5) is 22.1 Å². The van der Waals surface area contributed by atoms with Gasteiger partial charge in [-0.1, -0.05) is 43.3 Å². The van der Waals surface area contributed by atoms with Gasteiger partial charge >= 0.3 is 6.03 Å². The molecule has 222 valence electrons. The van der Waals surface area contributed by atoms with E-state index in [1.807, 2.05) is 64.1 Å². The number of nitrogens with two attached hydrogens (primary N) is 1. The zero-order chi connectivity index (χ0) is 29.8. The Balaban J connectivity index is 1.10. The number of imidazole rings is 1. The highest BCUT2D eigenvalue weighted by Crippen LogP contribution is 2.26. The van der Waals surface area contributed by atoms with E-state index in [2.05, 4.69) is 51.9 Å². The van der Waals surface area contributed by atoms with Crippen LogP contribution in [0.15, 0.2) is 79.3 Å². The molecule has 10 heteroatoms. The van der Waals surface area contributed by atoms with Gasteiger partial charge in [-0.3, -0.25) is 4.57 Å². The number of carbonyl (C=O) groups excluding carboxylic acids is 1. The molecule has 2 aromatic heterocycles. The molecule has 3 aromatic carbocycles. The van der Waals surface area contributed by atoms with Crippen molar-refractivity contribution >= 4 is 45.2 Å². The standard InChI is InChI=1S/C33H39N9O/c1-3-25(34)19-36-26-13-14-30-29(18-26)37-21-42(30)31-15-16-35-32(40-31)38-22(2)24-10-7-17-41(20-24)33(43)39-28-12-6-9-23-8-4-5-11-27(23)28/h4-6,8-9,11-16,18,21-22,24-25,36H,3,7,10,17,19-20,34H2,1-2H3,(H,39,43)(H,35,38,40). The Labute approximate surface area is 251 Å². The van der Waals surface area contributed by atoms with Crippen molar-refractivity contribution in [2.45, 2.75) is 45.2 Å². The van der Waals surface area contributed by atoms with Crippen molar-refractivity contribution in [3.8, 4) is 5.82 Å². The van der Waals surface area contributed by atoms with Crippen molar-refractivity contribution in [1.82, 2.24) is 24.4 Å². The number of anilines is 3. The number of urea groups is 1. The zero-order valence-corrected chi connectivity index (χ0v) is 24.7. The predicted octanol–water partition coefficient (Wildman–Crippen LogP) is 5.86. The second kappa shape index (κ2) is 12.7. The van der Waals surface area contributed by atoms with E-state index in [0.29, 0.717) is 12.5 Å². The van der Waals surface area contributed by atoms with Gasteiger partial charge in [0.25, 0.3) is 0 Å². The maximum Gasteiger partial charge on any atom is 0.321 e. The van der Waals surface area contributed by atoms with Crippen LogP contribution < -0.4 is 21.7 Å². The highest BCUT2D eigenvalue weighted by Gasteiger charge is 2.28. The van der Waals surface area contributed by atoms with E-state index < -0.39 is 0 Å². The molecule has 3 atom stereocenters. The van der Waals surface area contributed by atoms with Crippen LogP contribution in [0.3, 0.4) is 0 Å². The van der Waals surface area contributed by atoms with Crippen molar-refractivity contribution in [1.29, 1.82) is 0 Å². The number of likely N-dealkylation sites (tertiary alicyclic amines) is 1. The van der Waals surface area contributed by atoms with Crippen LogP contribution in [0, 0.1) is 5.92 Å². The van der Waals surface area contributed by atoms with E-state index in [9.17, 15) is 4.79 Å². The number of rotatable bonds is 9. The molecule has 43 heavy (non-hydrogen) atoms. The van der Waals surface area contributed by atoms with Crippen LogP contribution in [0.1, 0.15) is 33.1 Å². The molecule has 5 aromatic rings. The lowest BCUT2D eigenvalue weighted by atomic mass is 9.92. The van der Waals surface area contributed by atoms with Crippen LogP contribution in [-0.4, -0.2) is 62.2 Å². The van der Waals surface area contributed by atoms with Gasteiger partial charge in [-0.25, -0.2) is 14.8 Å². The van der Waals surface area contributed by atoms with Crippen LogP contribution >= 0.6 is 0 Å². The molecule has 0 aliphatic carbocycles. The third kappa shape index (κ3) is 6.39. The molecule has 1 fully saturated rings. The highest BCUT2D eigenvalue weighted by atomic mass is 16.2. The van der Waals surface area contributed by atoms with Gasteiger partial charge in [0.2, 0.25) is 5.95 Å². The first-order valence-electron chi connectivity index (χ1n) is 15.1. The number of hydrogen-bond acceptors (Lipinski definition) is 7. The largest absolute Gasteiger partial charge is 0.383 e. The molecule has 1 aliphatic rings. The first kappa shape index (κ1) is 28.4. The molecule has 0 bridgehead atoms. The molecule has 0 radical (unpaired) electrons. The Morgan fingerprint density at radius 2 is 1.95 bits per heavy atom. The van der Waals surface area contributed by atoms with Crippen LogP contribution in [-0.2, 0) is 0 Å². The van der Waals surface area contributed by atoms with Crippen LogP contribution in [0.2, 0.25) is 0 Å². The van der Waals surface area contributed by atoms with Crippen molar-refractivity contribution in [2.75, 3.05) is 35.6 Å². The number of hydrogen-bond donors (Lipinski definition) is 4. The Hall–Kier alpha value is -4.70. The molecule has 3 heterocycles. The van der Waals surface area contributed by atoms with E-state index in [-0.39, 0.29) is 24.0 Å². The van der Waals surface area contributed by atoms with Crippen LogP contribution in [0.5, 0.6) is 0 Å². The topological polar surface area (TPSA) is 126 Å². The average molecular weight is 578 g/mol. The third-order valence-electron chi connectivity index (χ3n) is 8.37. The molecule has 0 saturated carbocycles. The summed E-state index contributed by atoms with van der Waals surface area (Å²) in [5.74, 6) is 1.55. The second-order valence-electron chi connectivity index (χ2n) is 11.3. The van der Waals surface area contributed by atoms with Crippen molar-refractivity contribution in [3.63, 3.8) is 0 Å². The Kier molecular flexibility index (Phi) is 8.37. The van der Waals surface area contributed by atoms with Gasteiger partial charge in [0.05, 0.1) is 16.7 Å². The summed E-state index contributed by atoms with van der Waals surface area (Å²) in [4.78, 5) is 29.1. The van der Waals surface area contributed by atoms with E-state index in [4.69, 9.17) is 10.7 Å². The molecule has 5 N–H and O–H groups in total. The summed E-state index contributed by atoms with van der Waals surface area (Å²) in [5, 5.41) is 12.2. The van der Waals surface area contributed by atoms with Gasteiger partial charge in [-0.05, 0) is 67.8 Å². The van der Waals surface area contributed by atoms with Gasteiger partial charge in [-0.15, -0.1) is 0 Å².